The van der Waals surface area contributed by atoms with E-state index in [0.29, 0.717) is 11.4 Å². The Morgan fingerprint density at radius 1 is 1.28 bits per heavy atom. The van der Waals surface area contributed by atoms with Crippen LogP contribution in [0.2, 0.25) is 0 Å². The highest BCUT2D eigenvalue weighted by Crippen LogP contribution is 2.20. The molecule has 0 aliphatic carbocycles. The standard InChI is InChI=1S/C13H22N2O2S/c1-11(15(2)10-4-9-14)12-5-7-13(8-6-12)18(3,16)17/h5-8,11H,4,9-10,14H2,1-3H3. The summed E-state index contributed by atoms with van der Waals surface area (Å²) in [7, 11) is -1.06. The van der Waals surface area contributed by atoms with Gasteiger partial charge in [0.1, 0.15) is 0 Å². The molecule has 0 fully saturated rings. The molecular weight excluding hydrogens is 248 g/mol. The van der Waals surface area contributed by atoms with E-state index in [1.54, 1.807) is 12.1 Å². The molecule has 0 aliphatic heterocycles. The van der Waals surface area contributed by atoms with E-state index in [1.165, 1.54) is 6.26 Å². The van der Waals surface area contributed by atoms with E-state index >= 15 is 0 Å². The fraction of sp³-hybridized carbons (Fsp3) is 0.538. The summed E-state index contributed by atoms with van der Waals surface area (Å²) in [5, 5.41) is 0. The van der Waals surface area contributed by atoms with Crippen molar-refractivity contribution in [3.8, 4) is 0 Å². The van der Waals surface area contributed by atoms with Gasteiger partial charge in [-0.3, -0.25) is 4.90 Å². The Morgan fingerprint density at radius 2 is 1.83 bits per heavy atom. The van der Waals surface area contributed by atoms with Crippen LogP contribution in [0.15, 0.2) is 29.2 Å². The Morgan fingerprint density at radius 3 is 2.28 bits per heavy atom. The SMILES string of the molecule is CC(c1ccc(S(C)(=O)=O)cc1)N(C)CCCN. The highest BCUT2D eigenvalue weighted by molar-refractivity contribution is 7.90. The second kappa shape index (κ2) is 6.31. The maximum atomic E-state index is 11.4. The van der Waals surface area contributed by atoms with Gasteiger partial charge in [-0.2, -0.15) is 0 Å². The molecule has 102 valence electrons. The van der Waals surface area contributed by atoms with Crippen LogP contribution in [0.1, 0.15) is 24.9 Å². The molecule has 1 atom stereocenters. The number of rotatable bonds is 6. The van der Waals surface area contributed by atoms with Gasteiger partial charge in [-0.05, 0) is 51.2 Å². The summed E-state index contributed by atoms with van der Waals surface area (Å²) in [6.45, 7) is 3.72. The van der Waals surface area contributed by atoms with Gasteiger partial charge in [0.05, 0.1) is 4.90 Å². The maximum Gasteiger partial charge on any atom is 0.175 e. The van der Waals surface area contributed by atoms with Crippen molar-refractivity contribution in [3.63, 3.8) is 0 Å². The van der Waals surface area contributed by atoms with Gasteiger partial charge in [0.2, 0.25) is 0 Å². The van der Waals surface area contributed by atoms with Gasteiger partial charge in [-0.1, -0.05) is 12.1 Å². The number of nitrogens with two attached hydrogens (primary N) is 1. The zero-order valence-electron chi connectivity index (χ0n) is 11.3. The highest BCUT2D eigenvalue weighted by atomic mass is 32.2. The molecule has 1 unspecified atom stereocenters. The quantitative estimate of drug-likeness (QED) is 0.849. The maximum absolute atomic E-state index is 11.4. The Balaban J connectivity index is 2.79. The van der Waals surface area contributed by atoms with Crippen LogP contribution in [-0.2, 0) is 9.84 Å². The fourth-order valence-corrected chi connectivity index (χ4v) is 2.41. The van der Waals surface area contributed by atoms with E-state index < -0.39 is 9.84 Å². The van der Waals surface area contributed by atoms with Gasteiger partial charge >= 0.3 is 0 Å². The summed E-state index contributed by atoms with van der Waals surface area (Å²) in [5.41, 5.74) is 6.60. The summed E-state index contributed by atoms with van der Waals surface area (Å²) in [5.74, 6) is 0. The van der Waals surface area contributed by atoms with Crippen molar-refractivity contribution in [2.24, 2.45) is 5.73 Å². The van der Waals surface area contributed by atoms with Crippen LogP contribution in [0.4, 0.5) is 0 Å². The molecule has 0 aromatic heterocycles. The Kier molecular flexibility index (Phi) is 5.31. The third-order valence-electron chi connectivity index (χ3n) is 3.17. The lowest BCUT2D eigenvalue weighted by atomic mass is 10.1. The second-order valence-electron chi connectivity index (χ2n) is 4.64. The third kappa shape index (κ3) is 4.08. The first kappa shape index (κ1) is 15.1. The number of nitrogens with zero attached hydrogens (tertiary/aromatic N) is 1. The number of hydrogen-bond acceptors (Lipinski definition) is 4. The fourth-order valence-electron chi connectivity index (χ4n) is 1.78. The summed E-state index contributed by atoms with van der Waals surface area (Å²) in [6.07, 6.45) is 2.18. The van der Waals surface area contributed by atoms with Crippen molar-refractivity contribution < 1.29 is 8.42 Å². The topological polar surface area (TPSA) is 63.4 Å². The molecule has 0 radical (unpaired) electrons. The molecule has 0 spiro atoms. The van der Waals surface area contributed by atoms with Crippen LogP contribution in [0.3, 0.4) is 0 Å². The van der Waals surface area contributed by atoms with Crippen molar-refractivity contribution in [1.82, 2.24) is 4.90 Å². The first-order chi connectivity index (χ1) is 8.36. The van der Waals surface area contributed by atoms with Crippen molar-refractivity contribution >= 4 is 9.84 Å². The molecule has 2 N–H and O–H groups in total. The first-order valence-electron chi connectivity index (χ1n) is 6.06. The lowest BCUT2D eigenvalue weighted by molar-refractivity contribution is 0.260. The van der Waals surface area contributed by atoms with Gasteiger partial charge in [-0.25, -0.2) is 8.42 Å². The molecule has 1 rings (SSSR count). The summed E-state index contributed by atoms with van der Waals surface area (Å²) in [6, 6.07) is 7.33. The predicted molar refractivity (Wildman–Crippen MR) is 74.3 cm³/mol. The normalized spacial score (nSPS) is 13.8. The molecule has 1 aromatic rings. The van der Waals surface area contributed by atoms with Crippen molar-refractivity contribution in [1.29, 1.82) is 0 Å². The average molecular weight is 270 g/mol. The number of hydrogen-bond donors (Lipinski definition) is 1. The van der Waals surface area contributed by atoms with Crippen LogP contribution in [0, 0.1) is 0 Å². The lowest BCUT2D eigenvalue weighted by Gasteiger charge is -2.25. The van der Waals surface area contributed by atoms with Crippen LogP contribution < -0.4 is 5.73 Å². The first-order valence-corrected chi connectivity index (χ1v) is 7.95. The van der Waals surface area contributed by atoms with Crippen molar-refractivity contribution in [2.75, 3.05) is 26.4 Å². The number of benzene rings is 1. The molecule has 5 heteroatoms. The van der Waals surface area contributed by atoms with Crippen LogP contribution in [-0.4, -0.2) is 39.7 Å². The van der Waals surface area contributed by atoms with E-state index in [9.17, 15) is 8.42 Å². The smallest absolute Gasteiger partial charge is 0.175 e. The monoisotopic (exact) mass is 270 g/mol. The highest BCUT2D eigenvalue weighted by Gasteiger charge is 2.12. The van der Waals surface area contributed by atoms with Crippen LogP contribution in [0.5, 0.6) is 0 Å². The second-order valence-corrected chi connectivity index (χ2v) is 6.66. The largest absolute Gasteiger partial charge is 0.330 e. The van der Waals surface area contributed by atoms with Gasteiger partial charge in [-0.15, -0.1) is 0 Å². The summed E-state index contributed by atoms with van der Waals surface area (Å²) < 4.78 is 22.7. The van der Waals surface area contributed by atoms with Crippen molar-refractivity contribution in [3.05, 3.63) is 29.8 Å². The van der Waals surface area contributed by atoms with Gasteiger partial charge in [0.25, 0.3) is 0 Å². The zero-order chi connectivity index (χ0) is 13.8. The molecule has 0 amide bonds. The molecule has 0 saturated heterocycles. The van der Waals surface area contributed by atoms with Gasteiger partial charge < -0.3 is 5.73 Å². The molecule has 0 aliphatic rings. The van der Waals surface area contributed by atoms with E-state index in [2.05, 4.69) is 11.8 Å². The molecule has 0 bridgehead atoms. The third-order valence-corrected chi connectivity index (χ3v) is 4.30. The molecule has 0 heterocycles. The molecule has 1 aromatic carbocycles. The molecule has 18 heavy (non-hydrogen) atoms. The van der Waals surface area contributed by atoms with Gasteiger partial charge in [0, 0.05) is 12.3 Å². The molecule has 0 saturated carbocycles. The van der Waals surface area contributed by atoms with E-state index in [4.69, 9.17) is 5.73 Å². The Labute approximate surface area is 110 Å². The lowest BCUT2D eigenvalue weighted by Crippen LogP contribution is -2.25. The van der Waals surface area contributed by atoms with Gasteiger partial charge in [0.15, 0.2) is 9.84 Å². The minimum absolute atomic E-state index is 0.255. The summed E-state index contributed by atoms with van der Waals surface area (Å²) >= 11 is 0. The Hall–Kier alpha value is -0.910. The minimum atomic E-state index is -3.11. The minimum Gasteiger partial charge on any atom is -0.330 e. The van der Waals surface area contributed by atoms with E-state index in [1.807, 2.05) is 19.2 Å². The predicted octanol–water partition coefficient (Wildman–Crippen LogP) is 1.43. The van der Waals surface area contributed by atoms with E-state index in [0.717, 1.165) is 18.5 Å². The average Bonchev–Trinajstić information content (AvgIpc) is 2.34. The van der Waals surface area contributed by atoms with Crippen LogP contribution in [0.25, 0.3) is 0 Å². The summed E-state index contributed by atoms with van der Waals surface area (Å²) in [4.78, 5) is 2.57. The van der Waals surface area contributed by atoms with Crippen LogP contribution >= 0.6 is 0 Å². The number of sulfone groups is 1. The molecular formula is C13H22N2O2S. The zero-order valence-corrected chi connectivity index (χ0v) is 12.1. The molecule has 4 nitrogen and oxygen atoms in total. The van der Waals surface area contributed by atoms with E-state index in [-0.39, 0.29) is 6.04 Å². The van der Waals surface area contributed by atoms with Crippen molar-refractivity contribution in [2.45, 2.75) is 24.3 Å². The Bertz CT molecular complexity index is 468.